The third-order valence-electron chi connectivity index (χ3n) is 3.93. The zero-order valence-corrected chi connectivity index (χ0v) is 12.6. The number of urea groups is 1. The fraction of sp³-hybridized carbons (Fsp3) is 0.333. The van der Waals surface area contributed by atoms with Gasteiger partial charge in [-0.15, -0.1) is 0 Å². The molecule has 1 aromatic carbocycles. The molecule has 126 valence electrons. The molecule has 2 saturated heterocycles. The summed E-state index contributed by atoms with van der Waals surface area (Å²) in [6.07, 6.45) is 0. The summed E-state index contributed by atoms with van der Waals surface area (Å²) in [5, 5.41) is 4.96. The predicted molar refractivity (Wildman–Crippen MR) is 79.0 cm³/mol. The van der Waals surface area contributed by atoms with Gasteiger partial charge in [-0.25, -0.2) is 9.18 Å². The summed E-state index contributed by atoms with van der Waals surface area (Å²) >= 11 is 0. The third-order valence-corrected chi connectivity index (χ3v) is 3.93. The summed E-state index contributed by atoms with van der Waals surface area (Å²) < 4.78 is 13.5. The molecule has 0 aromatic heterocycles. The maximum atomic E-state index is 13.5. The van der Waals surface area contributed by atoms with Crippen LogP contribution in [0.25, 0.3) is 0 Å². The molecule has 2 heterocycles. The number of rotatable bonds is 3. The quantitative estimate of drug-likeness (QED) is 0.720. The summed E-state index contributed by atoms with van der Waals surface area (Å²) in [5.74, 6) is -2.01. The summed E-state index contributed by atoms with van der Waals surface area (Å²) in [7, 11) is 0. The average Bonchev–Trinajstić information content (AvgIpc) is 2.86. The molecule has 1 atom stereocenters. The summed E-state index contributed by atoms with van der Waals surface area (Å²) in [6, 6.07) is 3.78. The van der Waals surface area contributed by atoms with E-state index < -0.39 is 42.2 Å². The lowest BCUT2D eigenvalue weighted by molar-refractivity contribution is -0.145. The van der Waals surface area contributed by atoms with E-state index in [9.17, 15) is 23.6 Å². The molecule has 2 aliphatic heterocycles. The van der Waals surface area contributed by atoms with E-state index in [0.717, 1.165) is 4.90 Å². The predicted octanol–water partition coefficient (Wildman–Crippen LogP) is -0.623. The minimum Gasteiger partial charge on any atom is -0.352 e. The molecule has 0 unspecified atom stereocenters. The van der Waals surface area contributed by atoms with Crippen molar-refractivity contribution in [2.75, 3.05) is 26.2 Å². The van der Waals surface area contributed by atoms with Gasteiger partial charge in [-0.3, -0.25) is 19.3 Å². The number of piperazine rings is 1. The van der Waals surface area contributed by atoms with E-state index in [1.807, 2.05) is 0 Å². The second kappa shape index (κ2) is 6.26. The SMILES string of the molecule is O=C1NCCN(C(=O)CN2C(=O)CNC2=O)[C@@H]1c1cccc(F)c1. The van der Waals surface area contributed by atoms with Crippen LogP contribution >= 0.6 is 0 Å². The minimum atomic E-state index is -0.997. The van der Waals surface area contributed by atoms with Crippen LogP contribution in [-0.2, 0) is 14.4 Å². The van der Waals surface area contributed by atoms with Crippen LogP contribution in [0.15, 0.2) is 24.3 Å². The van der Waals surface area contributed by atoms with Crippen molar-refractivity contribution in [1.29, 1.82) is 0 Å². The van der Waals surface area contributed by atoms with Gasteiger partial charge in [0.15, 0.2) is 0 Å². The zero-order chi connectivity index (χ0) is 17.3. The summed E-state index contributed by atoms with van der Waals surface area (Å²) in [4.78, 5) is 50.0. The highest BCUT2D eigenvalue weighted by Gasteiger charge is 2.37. The molecule has 0 aliphatic carbocycles. The first-order chi connectivity index (χ1) is 11.5. The van der Waals surface area contributed by atoms with E-state index >= 15 is 0 Å². The standard InChI is InChI=1S/C15H15FN4O4/c16-10-3-1-2-9(6-10)13-14(23)17-4-5-19(13)12(22)8-20-11(21)7-18-15(20)24/h1-3,6,13H,4-5,7-8H2,(H,17,23)(H,18,24)/t13-/m1/s1. The molecule has 0 spiro atoms. The van der Waals surface area contributed by atoms with Crippen LogP contribution in [-0.4, -0.2) is 59.7 Å². The molecular weight excluding hydrogens is 319 g/mol. The normalized spacial score (nSPS) is 20.9. The Morgan fingerprint density at radius 3 is 2.71 bits per heavy atom. The Kier molecular flexibility index (Phi) is 4.15. The van der Waals surface area contributed by atoms with Crippen LogP contribution in [0.3, 0.4) is 0 Å². The van der Waals surface area contributed by atoms with Crippen LogP contribution < -0.4 is 10.6 Å². The Morgan fingerprint density at radius 2 is 2.04 bits per heavy atom. The second-order valence-electron chi connectivity index (χ2n) is 5.47. The third kappa shape index (κ3) is 2.92. The first-order valence-corrected chi connectivity index (χ1v) is 7.38. The van der Waals surface area contributed by atoms with E-state index in [4.69, 9.17) is 0 Å². The van der Waals surface area contributed by atoms with Crippen LogP contribution in [0.4, 0.5) is 9.18 Å². The molecule has 0 bridgehead atoms. The Bertz CT molecular complexity index is 707. The number of nitrogens with one attached hydrogen (secondary N) is 2. The van der Waals surface area contributed by atoms with Gasteiger partial charge < -0.3 is 15.5 Å². The Labute approximate surface area is 136 Å². The van der Waals surface area contributed by atoms with Gasteiger partial charge in [0.2, 0.25) is 11.8 Å². The highest BCUT2D eigenvalue weighted by atomic mass is 19.1. The molecule has 1 aromatic rings. The molecule has 5 amide bonds. The number of amides is 5. The van der Waals surface area contributed by atoms with Crippen molar-refractivity contribution in [3.8, 4) is 0 Å². The smallest absolute Gasteiger partial charge is 0.325 e. The van der Waals surface area contributed by atoms with E-state index in [1.54, 1.807) is 6.07 Å². The number of carbonyl (C=O) groups excluding carboxylic acids is 4. The number of hydrogen-bond acceptors (Lipinski definition) is 4. The molecule has 8 nitrogen and oxygen atoms in total. The van der Waals surface area contributed by atoms with Gasteiger partial charge in [0.25, 0.3) is 5.91 Å². The molecular formula is C15H15FN4O4. The fourth-order valence-electron chi connectivity index (χ4n) is 2.78. The van der Waals surface area contributed by atoms with Gasteiger partial charge in [-0.05, 0) is 17.7 Å². The second-order valence-corrected chi connectivity index (χ2v) is 5.47. The van der Waals surface area contributed by atoms with Crippen LogP contribution in [0.1, 0.15) is 11.6 Å². The number of benzene rings is 1. The maximum absolute atomic E-state index is 13.5. The van der Waals surface area contributed by atoms with Gasteiger partial charge in [0.1, 0.15) is 18.4 Å². The lowest BCUT2D eigenvalue weighted by atomic mass is 10.0. The lowest BCUT2D eigenvalue weighted by Gasteiger charge is -2.35. The average molecular weight is 334 g/mol. The molecule has 0 saturated carbocycles. The van der Waals surface area contributed by atoms with Gasteiger partial charge >= 0.3 is 6.03 Å². The van der Waals surface area contributed by atoms with Crippen molar-refractivity contribution in [3.05, 3.63) is 35.6 Å². The molecule has 2 fully saturated rings. The Hall–Kier alpha value is -2.97. The number of nitrogens with zero attached hydrogens (tertiary/aromatic N) is 2. The van der Waals surface area contributed by atoms with Crippen molar-refractivity contribution in [1.82, 2.24) is 20.4 Å². The number of halogens is 1. The molecule has 3 rings (SSSR count). The van der Waals surface area contributed by atoms with Crippen molar-refractivity contribution in [2.24, 2.45) is 0 Å². The summed E-state index contributed by atoms with van der Waals surface area (Å²) in [5.41, 5.74) is 0.331. The number of carbonyl (C=O) groups is 4. The number of imide groups is 1. The van der Waals surface area contributed by atoms with Gasteiger partial charge in [0.05, 0.1) is 6.54 Å². The minimum absolute atomic E-state index is 0.153. The van der Waals surface area contributed by atoms with E-state index in [1.165, 1.54) is 23.1 Å². The van der Waals surface area contributed by atoms with Crippen LogP contribution in [0, 0.1) is 5.82 Å². The monoisotopic (exact) mass is 334 g/mol. The molecule has 9 heteroatoms. The lowest BCUT2D eigenvalue weighted by Crippen LogP contribution is -2.54. The van der Waals surface area contributed by atoms with Gasteiger partial charge in [-0.1, -0.05) is 12.1 Å². The van der Waals surface area contributed by atoms with Crippen molar-refractivity contribution in [2.45, 2.75) is 6.04 Å². The first kappa shape index (κ1) is 15.9. The molecule has 2 aliphatic rings. The van der Waals surface area contributed by atoms with E-state index in [0.29, 0.717) is 5.56 Å². The highest BCUT2D eigenvalue weighted by molar-refractivity contribution is 6.05. The zero-order valence-electron chi connectivity index (χ0n) is 12.6. The van der Waals surface area contributed by atoms with Gasteiger partial charge in [0, 0.05) is 13.1 Å². The highest BCUT2D eigenvalue weighted by Crippen LogP contribution is 2.24. The van der Waals surface area contributed by atoms with Crippen molar-refractivity contribution >= 4 is 23.8 Å². The number of hydrogen-bond donors (Lipinski definition) is 2. The molecule has 0 radical (unpaired) electrons. The molecule has 24 heavy (non-hydrogen) atoms. The Morgan fingerprint density at radius 1 is 1.25 bits per heavy atom. The van der Waals surface area contributed by atoms with Crippen molar-refractivity contribution in [3.63, 3.8) is 0 Å². The summed E-state index contributed by atoms with van der Waals surface area (Å²) in [6.45, 7) is -0.157. The largest absolute Gasteiger partial charge is 0.352 e. The molecule has 2 N–H and O–H groups in total. The maximum Gasteiger partial charge on any atom is 0.325 e. The van der Waals surface area contributed by atoms with E-state index in [-0.39, 0.29) is 19.6 Å². The van der Waals surface area contributed by atoms with E-state index in [2.05, 4.69) is 10.6 Å². The topological polar surface area (TPSA) is 98.8 Å². The first-order valence-electron chi connectivity index (χ1n) is 7.38. The van der Waals surface area contributed by atoms with Crippen molar-refractivity contribution < 1.29 is 23.6 Å². The van der Waals surface area contributed by atoms with Gasteiger partial charge in [-0.2, -0.15) is 0 Å². The van der Waals surface area contributed by atoms with Crippen LogP contribution in [0.5, 0.6) is 0 Å². The fourth-order valence-corrected chi connectivity index (χ4v) is 2.78. The Balaban J connectivity index is 1.83. The van der Waals surface area contributed by atoms with Crippen LogP contribution in [0.2, 0.25) is 0 Å².